The first kappa shape index (κ1) is 27.0. The maximum absolute atomic E-state index is 13.2. The molecule has 4 heterocycles. The van der Waals surface area contributed by atoms with Gasteiger partial charge in [0.25, 0.3) is 0 Å². The molecular weight excluding hydrogens is 514 g/mol. The average Bonchev–Trinajstić information content (AvgIpc) is 2.89. The minimum absolute atomic E-state index is 0.0466. The molecule has 1 saturated heterocycles. The number of rotatable bonds is 8. The quantitative estimate of drug-likeness (QED) is 0.362. The molecule has 0 aromatic carbocycles. The third-order valence-electron chi connectivity index (χ3n) is 6.24. The number of aryl methyl sites for hydroxylation is 1. The normalized spacial score (nSPS) is 16.4. The maximum atomic E-state index is 13.2. The molecule has 0 bridgehead atoms. The van der Waals surface area contributed by atoms with Crippen molar-refractivity contribution in [3.63, 3.8) is 0 Å². The van der Waals surface area contributed by atoms with Gasteiger partial charge in [-0.25, -0.2) is 23.2 Å². The molecule has 0 saturated carbocycles. The SMILES string of the molecule is COCCNc1cc(NC(=O)N2CCCc3cc(CN4CCS(=O)(=O)CC4=O)c(C=O)nc32)ncc1C#N. The molecule has 2 aromatic heterocycles. The smallest absolute Gasteiger partial charge is 0.328 e. The Balaban J connectivity index is 1.54. The summed E-state index contributed by atoms with van der Waals surface area (Å²) in [5.41, 5.74) is 2.12. The fourth-order valence-electron chi connectivity index (χ4n) is 4.31. The van der Waals surface area contributed by atoms with Crippen LogP contribution in [0.25, 0.3) is 0 Å². The molecular formula is C24H27N7O6S. The molecule has 1 fully saturated rings. The summed E-state index contributed by atoms with van der Waals surface area (Å²) in [6.45, 7) is 1.36. The zero-order valence-corrected chi connectivity index (χ0v) is 21.6. The number of urea groups is 1. The van der Waals surface area contributed by atoms with Gasteiger partial charge in [0.1, 0.15) is 29.2 Å². The third-order valence-corrected chi connectivity index (χ3v) is 7.73. The topological polar surface area (TPSA) is 175 Å². The molecule has 2 aliphatic rings. The summed E-state index contributed by atoms with van der Waals surface area (Å²) in [5.74, 6) is -0.638. The van der Waals surface area contributed by atoms with Gasteiger partial charge in [-0.15, -0.1) is 0 Å². The number of hydrogen-bond acceptors (Lipinski definition) is 10. The lowest BCUT2D eigenvalue weighted by Gasteiger charge is -2.30. The lowest BCUT2D eigenvalue weighted by Crippen LogP contribution is -2.44. The van der Waals surface area contributed by atoms with Crippen LogP contribution in [0.5, 0.6) is 0 Å². The van der Waals surface area contributed by atoms with Gasteiger partial charge in [0, 0.05) is 51.1 Å². The number of aldehydes is 1. The number of nitrogens with one attached hydrogen (secondary N) is 2. The van der Waals surface area contributed by atoms with E-state index in [1.807, 2.05) is 6.07 Å². The number of sulfone groups is 1. The highest BCUT2D eigenvalue weighted by Crippen LogP contribution is 2.29. The summed E-state index contributed by atoms with van der Waals surface area (Å²) < 4.78 is 28.5. The van der Waals surface area contributed by atoms with Gasteiger partial charge in [-0.05, 0) is 24.5 Å². The fraction of sp³-hybridized carbons (Fsp3) is 0.417. The number of aromatic nitrogens is 2. The number of methoxy groups -OCH3 is 1. The van der Waals surface area contributed by atoms with Crippen LogP contribution >= 0.6 is 0 Å². The molecule has 4 rings (SSSR count). The third kappa shape index (κ3) is 6.06. The Hall–Kier alpha value is -4.09. The standard InChI is InChI=1S/C24H27N7O6S/c1-37-7-4-26-19-10-21(27-12-18(19)11-25)29-24(34)31-5-2-3-16-9-17(20(14-32)28-23(16)31)13-30-6-8-38(35,36)15-22(30)33/h9-10,12,14H,2-8,13,15H2,1H3,(H2,26,27,29,34). The number of ether oxygens (including phenoxy) is 1. The lowest BCUT2D eigenvalue weighted by molar-refractivity contribution is -0.129. The van der Waals surface area contributed by atoms with Gasteiger partial charge in [0.2, 0.25) is 5.91 Å². The number of carbonyl (C=O) groups is 3. The van der Waals surface area contributed by atoms with E-state index >= 15 is 0 Å². The van der Waals surface area contributed by atoms with Crippen molar-refractivity contribution in [2.45, 2.75) is 19.4 Å². The molecule has 13 nitrogen and oxygen atoms in total. The highest BCUT2D eigenvalue weighted by Gasteiger charge is 2.31. The van der Waals surface area contributed by atoms with E-state index in [-0.39, 0.29) is 30.4 Å². The first-order valence-corrected chi connectivity index (χ1v) is 13.7. The number of fused-ring (bicyclic) bond motifs is 1. The van der Waals surface area contributed by atoms with Crippen molar-refractivity contribution in [1.82, 2.24) is 14.9 Å². The number of nitriles is 1. The van der Waals surface area contributed by atoms with Crippen molar-refractivity contribution in [2.75, 3.05) is 60.4 Å². The van der Waals surface area contributed by atoms with Crippen molar-refractivity contribution in [1.29, 1.82) is 5.26 Å². The molecule has 0 aliphatic carbocycles. The number of amides is 3. The Kier molecular flexibility index (Phi) is 8.18. The second kappa shape index (κ2) is 11.5. The summed E-state index contributed by atoms with van der Waals surface area (Å²) in [7, 11) is -1.84. The van der Waals surface area contributed by atoms with Crippen LogP contribution in [-0.4, -0.2) is 86.4 Å². The summed E-state index contributed by atoms with van der Waals surface area (Å²) in [5, 5.41) is 15.1. The molecule has 2 N–H and O–H groups in total. The van der Waals surface area contributed by atoms with Crippen LogP contribution in [0.3, 0.4) is 0 Å². The van der Waals surface area contributed by atoms with Gasteiger partial charge < -0.3 is 15.0 Å². The van der Waals surface area contributed by atoms with Crippen molar-refractivity contribution < 1.29 is 27.5 Å². The molecule has 0 atom stereocenters. The largest absolute Gasteiger partial charge is 0.383 e. The Morgan fingerprint density at radius 1 is 1.32 bits per heavy atom. The van der Waals surface area contributed by atoms with E-state index in [2.05, 4.69) is 20.6 Å². The van der Waals surface area contributed by atoms with E-state index in [4.69, 9.17) is 4.74 Å². The van der Waals surface area contributed by atoms with Crippen molar-refractivity contribution >= 4 is 45.4 Å². The van der Waals surface area contributed by atoms with Gasteiger partial charge in [0.05, 0.1) is 23.6 Å². The van der Waals surface area contributed by atoms with Gasteiger partial charge in [-0.2, -0.15) is 5.26 Å². The molecule has 2 aliphatic heterocycles. The summed E-state index contributed by atoms with van der Waals surface area (Å²) in [6, 6.07) is 4.85. The second-order valence-electron chi connectivity index (χ2n) is 8.87. The zero-order chi connectivity index (χ0) is 27.3. The molecule has 38 heavy (non-hydrogen) atoms. The van der Waals surface area contributed by atoms with E-state index < -0.39 is 27.5 Å². The van der Waals surface area contributed by atoms with Gasteiger partial charge in [-0.1, -0.05) is 0 Å². The van der Waals surface area contributed by atoms with Crippen LogP contribution in [0.2, 0.25) is 0 Å². The minimum Gasteiger partial charge on any atom is -0.383 e. The minimum atomic E-state index is -3.40. The van der Waals surface area contributed by atoms with Gasteiger partial charge >= 0.3 is 6.03 Å². The molecule has 200 valence electrons. The number of anilines is 3. The van der Waals surface area contributed by atoms with Crippen LogP contribution in [0.15, 0.2) is 18.3 Å². The van der Waals surface area contributed by atoms with E-state index in [9.17, 15) is 28.1 Å². The molecule has 2 aromatic rings. The van der Waals surface area contributed by atoms with Crippen molar-refractivity contribution in [2.24, 2.45) is 0 Å². The Morgan fingerprint density at radius 2 is 2.13 bits per heavy atom. The van der Waals surface area contributed by atoms with E-state index in [0.717, 1.165) is 5.56 Å². The summed E-state index contributed by atoms with van der Waals surface area (Å²) in [4.78, 5) is 48.8. The summed E-state index contributed by atoms with van der Waals surface area (Å²) >= 11 is 0. The lowest BCUT2D eigenvalue weighted by atomic mass is 10.0. The van der Waals surface area contributed by atoms with Gasteiger partial charge in [-0.3, -0.25) is 19.8 Å². The first-order valence-electron chi connectivity index (χ1n) is 11.9. The highest BCUT2D eigenvalue weighted by atomic mass is 32.2. The number of pyridine rings is 2. The van der Waals surface area contributed by atoms with E-state index in [0.29, 0.717) is 61.5 Å². The fourth-order valence-corrected chi connectivity index (χ4v) is 5.51. The Labute approximate surface area is 219 Å². The molecule has 0 radical (unpaired) electrons. The number of carbonyl (C=O) groups excluding carboxylic acids is 3. The first-order chi connectivity index (χ1) is 18.2. The average molecular weight is 542 g/mol. The summed E-state index contributed by atoms with van der Waals surface area (Å²) in [6.07, 6.45) is 3.18. The van der Waals surface area contributed by atoms with E-state index in [1.165, 1.54) is 16.0 Å². The molecule has 0 spiro atoms. The number of hydrogen-bond donors (Lipinski definition) is 2. The van der Waals surface area contributed by atoms with Crippen molar-refractivity contribution in [3.05, 3.63) is 40.7 Å². The van der Waals surface area contributed by atoms with Crippen LogP contribution in [0.4, 0.5) is 22.1 Å². The van der Waals surface area contributed by atoms with Crippen LogP contribution in [0.1, 0.15) is 33.6 Å². The monoisotopic (exact) mass is 541 g/mol. The predicted octanol–water partition coefficient (Wildman–Crippen LogP) is 0.961. The highest BCUT2D eigenvalue weighted by molar-refractivity contribution is 7.92. The van der Waals surface area contributed by atoms with E-state index in [1.54, 1.807) is 19.2 Å². The second-order valence-corrected chi connectivity index (χ2v) is 11.1. The van der Waals surface area contributed by atoms with Crippen LogP contribution in [0, 0.1) is 11.3 Å². The molecule has 0 unspecified atom stereocenters. The van der Waals surface area contributed by atoms with Gasteiger partial charge in [0.15, 0.2) is 16.1 Å². The Morgan fingerprint density at radius 3 is 2.84 bits per heavy atom. The van der Waals surface area contributed by atoms with Crippen LogP contribution < -0.4 is 15.5 Å². The van der Waals surface area contributed by atoms with Crippen molar-refractivity contribution in [3.8, 4) is 6.07 Å². The Bertz CT molecular complexity index is 1410. The van der Waals surface area contributed by atoms with Crippen LogP contribution in [-0.2, 0) is 32.3 Å². The maximum Gasteiger partial charge on any atom is 0.328 e. The number of nitrogens with zero attached hydrogens (tertiary/aromatic N) is 5. The molecule has 14 heteroatoms. The zero-order valence-electron chi connectivity index (χ0n) is 20.8. The predicted molar refractivity (Wildman–Crippen MR) is 138 cm³/mol. The molecule has 3 amide bonds.